The highest BCUT2D eigenvalue weighted by atomic mass is 19.1. The Labute approximate surface area is 270 Å². The number of hydrogen-bond donors (Lipinski definition) is 2. The van der Waals surface area contributed by atoms with Crippen molar-refractivity contribution >= 4 is 27.5 Å². The molecule has 3 aliphatic heterocycles. The maximum absolute atomic E-state index is 16.9. The number of aromatic nitrogens is 5. The summed E-state index contributed by atoms with van der Waals surface area (Å²) in [6.07, 6.45) is 16.1. The molecule has 4 fully saturated rings. The average Bonchev–Trinajstić information content (AvgIpc) is 3.40. The Morgan fingerprint density at radius 1 is 1.04 bits per heavy atom. The Morgan fingerprint density at radius 2 is 1.83 bits per heavy atom. The molecule has 0 spiro atoms. The highest BCUT2D eigenvalue weighted by Gasteiger charge is 2.47. The van der Waals surface area contributed by atoms with Crippen LogP contribution in [0.5, 0.6) is 5.75 Å². The van der Waals surface area contributed by atoms with E-state index < -0.39 is 11.6 Å². The first-order valence-electron chi connectivity index (χ1n) is 16.5. The van der Waals surface area contributed by atoms with Gasteiger partial charge in [0.25, 0.3) is 0 Å². The summed E-state index contributed by atoms with van der Waals surface area (Å²) in [5.74, 6) is 1.93. The van der Waals surface area contributed by atoms with Crippen molar-refractivity contribution in [2.24, 2.45) is 0 Å². The van der Waals surface area contributed by atoms with E-state index in [1.807, 2.05) is 12.3 Å². The molecule has 3 aromatic heterocycles. The van der Waals surface area contributed by atoms with Crippen LogP contribution in [0.4, 0.5) is 14.6 Å². The minimum atomic E-state index is -0.697. The Hall–Kier alpha value is -4.66. The van der Waals surface area contributed by atoms with E-state index >= 15 is 4.39 Å². The van der Waals surface area contributed by atoms with Crippen LogP contribution in [0, 0.1) is 24.0 Å². The van der Waals surface area contributed by atoms with Gasteiger partial charge in [0.1, 0.15) is 34.3 Å². The molecular weight excluding hydrogens is 598 g/mol. The molecule has 238 valence electrons. The van der Waals surface area contributed by atoms with E-state index in [-0.39, 0.29) is 33.6 Å². The average molecular weight is 633 g/mol. The number of phenolic OH excluding ortho intramolecular Hbond substituents is 1. The van der Waals surface area contributed by atoms with Crippen molar-refractivity contribution in [2.75, 3.05) is 37.6 Å². The maximum atomic E-state index is 16.9. The molecular formula is C36H34F2N8O. The molecule has 9 rings (SSSR count). The highest BCUT2D eigenvalue weighted by molar-refractivity contribution is 6.03. The molecule has 5 aromatic rings. The fourth-order valence-electron chi connectivity index (χ4n) is 7.98. The lowest BCUT2D eigenvalue weighted by atomic mass is 9.95. The van der Waals surface area contributed by atoms with Gasteiger partial charge in [0.2, 0.25) is 0 Å². The van der Waals surface area contributed by atoms with Crippen molar-refractivity contribution in [3.63, 3.8) is 0 Å². The Kier molecular flexibility index (Phi) is 6.49. The highest BCUT2D eigenvalue weighted by Crippen LogP contribution is 2.45. The van der Waals surface area contributed by atoms with E-state index in [9.17, 15) is 9.50 Å². The van der Waals surface area contributed by atoms with Crippen molar-refractivity contribution in [1.82, 2.24) is 34.9 Å². The van der Waals surface area contributed by atoms with Gasteiger partial charge in [0.15, 0.2) is 11.6 Å². The van der Waals surface area contributed by atoms with Crippen LogP contribution in [0.25, 0.3) is 44.5 Å². The van der Waals surface area contributed by atoms with Crippen LogP contribution < -0.4 is 10.2 Å². The smallest absolute Gasteiger partial charge is 0.182 e. The summed E-state index contributed by atoms with van der Waals surface area (Å²) in [5, 5.41) is 20.5. The minimum Gasteiger partial charge on any atom is -0.508 e. The lowest BCUT2D eigenvalue weighted by Crippen LogP contribution is -2.51. The minimum absolute atomic E-state index is 0.0207. The van der Waals surface area contributed by atoms with Gasteiger partial charge in [0.05, 0.1) is 16.5 Å². The van der Waals surface area contributed by atoms with E-state index in [4.69, 9.17) is 21.5 Å². The number of aromatic hydroxyl groups is 1. The number of fused-ring (bicyclic) bond motifs is 4. The second-order valence-electron chi connectivity index (χ2n) is 13.6. The molecule has 11 heteroatoms. The molecule has 1 aliphatic carbocycles. The summed E-state index contributed by atoms with van der Waals surface area (Å²) < 4.78 is 33.9. The third kappa shape index (κ3) is 4.73. The van der Waals surface area contributed by atoms with E-state index in [1.165, 1.54) is 37.1 Å². The number of terminal acetylenes is 1. The standard InChI is InChI=1S/C36H34F2N8O/c1-2-25-28(37)8-5-21-15-24(47)16-26(30(21)25)32-31(38)33-27(17-39-32)35(45-18-22-6-7-23(19-45)40-22)42-34(41-33)29-9-14-46(43-29)36(10-11-36)20-44-12-3-4-13-44/h1,5,8-9,14-17,22-23,40,47H,3-4,6-7,10-13,18-20H2/t22-,23+. The number of nitrogens with zero attached hydrogens (tertiary/aromatic N) is 7. The van der Waals surface area contributed by atoms with Crippen LogP contribution in [0.1, 0.15) is 44.1 Å². The van der Waals surface area contributed by atoms with Crippen molar-refractivity contribution in [3.8, 4) is 40.9 Å². The van der Waals surface area contributed by atoms with Crippen molar-refractivity contribution < 1.29 is 13.9 Å². The van der Waals surface area contributed by atoms with Crippen LogP contribution in [0.2, 0.25) is 0 Å². The van der Waals surface area contributed by atoms with Gasteiger partial charge in [-0.25, -0.2) is 18.7 Å². The van der Waals surface area contributed by atoms with E-state index in [1.54, 1.807) is 6.20 Å². The second kappa shape index (κ2) is 10.7. The van der Waals surface area contributed by atoms with Crippen LogP contribution in [-0.2, 0) is 5.54 Å². The van der Waals surface area contributed by atoms with Crippen molar-refractivity contribution in [2.45, 2.75) is 56.1 Å². The largest absolute Gasteiger partial charge is 0.508 e. The van der Waals surface area contributed by atoms with E-state index in [0.29, 0.717) is 45.6 Å². The number of piperazine rings is 1. The van der Waals surface area contributed by atoms with Crippen LogP contribution in [0.3, 0.4) is 0 Å². The van der Waals surface area contributed by atoms with Crippen LogP contribution in [0.15, 0.2) is 42.7 Å². The number of anilines is 1. The van der Waals surface area contributed by atoms with Gasteiger partial charge in [-0.15, -0.1) is 6.42 Å². The zero-order valence-electron chi connectivity index (χ0n) is 25.9. The normalized spacial score (nSPS) is 21.9. The molecule has 0 amide bonds. The maximum Gasteiger partial charge on any atom is 0.182 e. The molecule has 2 N–H and O–H groups in total. The second-order valence-corrected chi connectivity index (χ2v) is 13.6. The van der Waals surface area contributed by atoms with Gasteiger partial charge < -0.3 is 20.2 Å². The third-order valence-electron chi connectivity index (χ3n) is 10.5. The summed E-state index contributed by atoms with van der Waals surface area (Å²) in [7, 11) is 0. The molecule has 2 aromatic carbocycles. The third-order valence-corrected chi connectivity index (χ3v) is 10.5. The van der Waals surface area contributed by atoms with Gasteiger partial charge in [-0.1, -0.05) is 12.0 Å². The zero-order valence-corrected chi connectivity index (χ0v) is 25.9. The molecule has 2 bridgehead atoms. The number of halogens is 2. The summed E-state index contributed by atoms with van der Waals surface area (Å²) in [5.41, 5.74) is 0.732. The number of nitrogens with one attached hydrogen (secondary N) is 1. The fraction of sp³-hybridized carbons (Fsp3) is 0.389. The fourth-order valence-corrected chi connectivity index (χ4v) is 7.98. The van der Waals surface area contributed by atoms with Gasteiger partial charge in [-0.2, -0.15) is 5.10 Å². The van der Waals surface area contributed by atoms with Crippen LogP contribution >= 0.6 is 0 Å². The molecule has 9 nitrogen and oxygen atoms in total. The Bertz CT molecular complexity index is 2100. The molecule has 3 saturated heterocycles. The molecule has 2 atom stereocenters. The molecule has 4 aliphatic rings. The Morgan fingerprint density at radius 3 is 2.57 bits per heavy atom. The summed E-state index contributed by atoms with van der Waals surface area (Å²) in [6.45, 7) is 4.70. The number of hydrogen-bond acceptors (Lipinski definition) is 8. The lowest BCUT2D eigenvalue weighted by molar-refractivity contribution is 0.251. The summed E-state index contributed by atoms with van der Waals surface area (Å²) in [6, 6.07) is 8.17. The molecule has 47 heavy (non-hydrogen) atoms. The predicted octanol–water partition coefficient (Wildman–Crippen LogP) is 5.20. The zero-order chi connectivity index (χ0) is 31.9. The molecule has 6 heterocycles. The first-order chi connectivity index (χ1) is 22.9. The van der Waals surface area contributed by atoms with E-state index in [0.717, 1.165) is 58.4 Å². The monoisotopic (exact) mass is 632 g/mol. The van der Waals surface area contributed by atoms with Gasteiger partial charge in [-0.3, -0.25) is 9.67 Å². The Balaban J connectivity index is 1.21. The molecule has 1 saturated carbocycles. The van der Waals surface area contributed by atoms with Crippen molar-refractivity contribution in [3.05, 3.63) is 59.9 Å². The first kappa shape index (κ1) is 28.6. The number of benzene rings is 2. The summed E-state index contributed by atoms with van der Waals surface area (Å²) in [4.78, 5) is 19.1. The van der Waals surface area contributed by atoms with Gasteiger partial charge in [0, 0.05) is 55.1 Å². The predicted molar refractivity (Wildman–Crippen MR) is 176 cm³/mol. The van der Waals surface area contributed by atoms with Crippen molar-refractivity contribution in [1.29, 1.82) is 0 Å². The molecule has 0 radical (unpaired) electrons. The number of likely N-dealkylation sites (tertiary alicyclic amines) is 1. The van der Waals surface area contributed by atoms with Gasteiger partial charge in [-0.05, 0) is 81.3 Å². The van der Waals surface area contributed by atoms with Gasteiger partial charge >= 0.3 is 0 Å². The lowest BCUT2D eigenvalue weighted by Gasteiger charge is -2.34. The van der Waals surface area contributed by atoms with E-state index in [2.05, 4.69) is 30.7 Å². The topological polar surface area (TPSA) is 95.2 Å². The number of rotatable bonds is 6. The first-order valence-corrected chi connectivity index (χ1v) is 16.5. The number of phenols is 1. The number of pyridine rings is 1. The van der Waals surface area contributed by atoms with Crippen LogP contribution in [-0.4, -0.2) is 79.5 Å². The summed E-state index contributed by atoms with van der Waals surface area (Å²) >= 11 is 0. The quantitative estimate of drug-likeness (QED) is 0.247. The molecule has 0 unspecified atom stereocenters. The SMILES string of the molecule is C#Cc1c(F)ccc2cc(O)cc(-c3ncc4c(N5C[C@H]6CC[C@@H](C5)N6)nc(-c5ccn(C6(CN7CCCC7)CC6)n5)nc4c3F)c12.